The largest absolute Gasteiger partial charge is 1.00 e. The van der Waals surface area contributed by atoms with Crippen molar-refractivity contribution in [1.29, 1.82) is 0 Å². The third kappa shape index (κ3) is 31.3. The van der Waals surface area contributed by atoms with Gasteiger partial charge in [0, 0.05) is 0 Å². The zero-order valence-corrected chi connectivity index (χ0v) is 14.4. The van der Waals surface area contributed by atoms with E-state index >= 15 is 0 Å². The van der Waals surface area contributed by atoms with E-state index in [4.69, 9.17) is 20.9 Å². The van der Waals surface area contributed by atoms with Crippen molar-refractivity contribution in [3.63, 3.8) is 0 Å². The van der Waals surface area contributed by atoms with Crippen LogP contribution in [0.15, 0.2) is 0 Å². The van der Waals surface area contributed by atoms with Gasteiger partial charge in [-0.1, -0.05) is 13.8 Å². The molecule has 0 fully saturated rings. The maximum atomic E-state index is 4.99. The topological polar surface area (TPSA) is 70.5 Å². The molecule has 0 saturated carbocycles. The van der Waals surface area contributed by atoms with E-state index in [0.717, 1.165) is 12.8 Å². The predicted octanol–water partition coefficient (Wildman–Crippen LogP) is -1.57. The van der Waals surface area contributed by atoms with Crippen LogP contribution in [-0.4, -0.2) is 23.6 Å². The minimum atomic E-state index is 0. The number of thiocarbonyl (C=S) groups is 2. The van der Waals surface area contributed by atoms with Gasteiger partial charge < -0.3 is 22.4 Å². The third-order valence-corrected chi connectivity index (χ3v) is 1.13. The van der Waals surface area contributed by atoms with Gasteiger partial charge in [-0.15, -0.1) is 0 Å². The smallest absolute Gasteiger partial charge is 1.00 e. The van der Waals surface area contributed by atoms with Crippen LogP contribution in [0.2, 0.25) is 0 Å². The zero-order chi connectivity index (χ0) is 11.4. The first-order valence-corrected chi connectivity index (χ1v) is 5.20. The van der Waals surface area contributed by atoms with Crippen molar-refractivity contribution in [3.05, 3.63) is 0 Å². The summed E-state index contributed by atoms with van der Waals surface area (Å²) in [4.78, 5) is 0. The van der Waals surface area contributed by atoms with E-state index in [1.165, 1.54) is 0 Å². The molecular formula is C8H19KN2O2S2. The van der Waals surface area contributed by atoms with E-state index < -0.39 is 0 Å². The standard InChI is InChI=1S/2C4H9NOS.K.H/c2*1-2-3-6-4(5)7;;/h2*2-3H2,1H3,(H2,5,7);;/q;;+1;-1. The molecule has 0 aliphatic heterocycles. The van der Waals surface area contributed by atoms with Crippen LogP contribution in [0.4, 0.5) is 0 Å². The second-order valence-electron chi connectivity index (χ2n) is 2.33. The van der Waals surface area contributed by atoms with Crippen LogP contribution >= 0.6 is 24.4 Å². The molecule has 0 aromatic rings. The molecule has 0 amide bonds. The molecule has 0 spiro atoms. The average molecular weight is 278 g/mol. The molecule has 0 bridgehead atoms. The minimum absolute atomic E-state index is 0. The van der Waals surface area contributed by atoms with E-state index in [-0.39, 0.29) is 63.2 Å². The Hall–Kier alpha value is 1.02. The van der Waals surface area contributed by atoms with Gasteiger partial charge in [-0.3, -0.25) is 0 Å². The Morgan fingerprint density at radius 1 is 1.00 bits per heavy atom. The first kappa shape index (κ1) is 21.3. The van der Waals surface area contributed by atoms with Gasteiger partial charge in [0.15, 0.2) is 0 Å². The fourth-order valence-corrected chi connectivity index (χ4v) is 0.572. The molecule has 0 saturated heterocycles. The molecule has 0 aliphatic carbocycles. The van der Waals surface area contributed by atoms with E-state index in [1.54, 1.807) is 0 Å². The van der Waals surface area contributed by atoms with Gasteiger partial charge in [-0.05, 0) is 37.3 Å². The first-order chi connectivity index (χ1) is 6.54. The first-order valence-electron chi connectivity index (χ1n) is 4.39. The van der Waals surface area contributed by atoms with Gasteiger partial charge in [0.25, 0.3) is 10.3 Å². The Bertz CT molecular complexity index is 158. The minimum Gasteiger partial charge on any atom is -1.00 e. The van der Waals surface area contributed by atoms with Crippen molar-refractivity contribution >= 4 is 34.8 Å². The van der Waals surface area contributed by atoms with E-state index in [2.05, 4.69) is 24.4 Å². The number of hydrogen-bond acceptors (Lipinski definition) is 4. The molecule has 0 rings (SSSR count). The molecule has 15 heavy (non-hydrogen) atoms. The second kappa shape index (κ2) is 17.4. The summed E-state index contributed by atoms with van der Waals surface area (Å²) in [6, 6.07) is 0. The molecule has 0 aromatic heterocycles. The van der Waals surface area contributed by atoms with Gasteiger partial charge >= 0.3 is 51.4 Å². The van der Waals surface area contributed by atoms with Crippen molar-refractivity contribution < 1.29 is 62.3 Å². The second-order valence-corrected chi connectivity index (χ2v) is 3.14. The van der Waals surface area contributed by atoms with Gasteiger partial charge in [0.1, 0.15) is 0 Å². The summed E-state index contributed by atoms with van der Waals surface area (Å²) in [7, 11) is 0. The molecule has 0 aliphatic rings. The van der Waals surface area contributed by atoms with Crippen LogP contribution in [0.3, 0.4) is 0 Å². The summed E-state index contributed by atoms with van der Waals surface area (Å²) in [5.41, 5.74) is 9.98. The quantitative estimate of drug-likeness (QED) is 0.478. The van der Waals surface area contributed by atoms with Crippen molar-refractivity contribution in [2.45, 2.75) is 26.7 Å². The maximum Gasteiger partial charge on any atom is 1.00 e. The average Bonchev–Trinajstić information content (AvgIpc) is 2.12. The van der Waals surface area contributed by atoms with E-state index in [0.29, 0.717) is 13.2 Å². The van der Waals surface area contributed by atoms with Crippen LogP contribution in [-0.2, 0) is 9.47 Å². The van der Waals surface area contributed by atoms with Crippen molar-refractivity contribution in [2.24, 2.45) is 11.5 Å². The Balaban J connectivity index is -0.0000000800. The van der Waals surface area contributed by atoms with Crippen LogP contribution in [0.5, 0.6) is 0 Å². The Morgan fingerprint density at radius 3 is 1.33 bits per heavy atom. The molecule has 0 unspecified atom stereocenters. The molecule has 0 radical (unpaired) electrons. The Morgan fingerprint density at radius 2 is 1.27 bits per heavy atom. The fourth-order valence-electron chi connectivity index (χ4n) is 0.405. The van der Waals surface area contributed by atoms with Crippen molar-refractivity contribution in [3.8, 4) is 0 Å². The summed E-state index contributed by atoms with van der Waals surface area (Å²) in [5, 5.41) is 0.281. The number of rotatable bonds is 4. The molecule has 0 atom stereocenters. The maximum absolute atomic E-state index is 4.99. The third-order valence-electron chi connectivity index (χ3n) is 0.897. The fraction of sp³-hybridized carbons (Fsp3) is 0.750. The van der Waals surface area contributed by atoms with Crippen LogP contribution in [0.25, 0.3) is 0 Å². The van der Waals surface area contributed by atoms with Crippen LogP contribution < -0.4 is 62.9 Å². The predicted molar refractivity (Wildman–Crippen MR) is 67.2 cm³/mol. The molecule has 7 heteroatoms. The van der Waals surface area contributed by atoms with Gasteiger partial charge in [-0.2, -0.15) is 0 Å². The van der Waals surface area contributed by atoms with Gasteiger partial charge in [-0.25, -0.2) is 0 Å². The van der Waals surface area contributed by atoms with Gasteiger partial charge in [0.2, 0.25) is 0 Å². The SMILES string of the molecule is CCCOC(N)=S.CCCOC(N)=S.[H-].[K+]. The van der Waals surface area contributed by atoms with Gasteiger partial charge in [0.05, 0.1) is 13.2 Å². The molecule has 4 nitrogen and oxygen atoms in total. The normalized spacial score (nSPS) is 7.60. The molecule has 86 valence electrons. The van der Waals surface area contributed by atoms with Crippen molar-refractivity contribution in [2.75, 3.05) is 13.2 Å². The molecule has 0 heterocycles. The van der Waals surface area contributed by atoms with Crippen molar-refractivity contribution in [1.82, 2.24) is 0 Å². The number of hydrogen-bond donors (Lipinski definition) is 2. The molecule has 4 N–H and O–H groups in total. The Kier molecular flexibility index (Phi) is 24.7. The molecule has 0 aromatic carbocycles. The number of ether oxygens (including phenoxy) is 2. The Labute approximate surface area is 146 Å². The summed E-state index contributed by atoms with van der Waals surface area (Å²) in [6.07, 6.45) is 1.91. The summed E-state index contributed by atoms with van der Waals surface area (Å²) in [5.74, 6) is 0. The molecular weight excluding hydrogens is 259 g/mol. The van der Waals surface area contributed by atoms with Crippen LogP contribution in [0.1, 0.15) is 28.1 Å². The summed E-state index contributed by atoms with van der Waals surface area (Å²) in [6.45, 7) is 5.27. The van der Waals surface area contributed by atoms with E-state index in [9.17, 15) is 0 Å². The monoisotopic (exact) mass is 278 g/mol. The summed E-state index contributed by atoms with van der Waals surface area (Å²) < 4.78 is 9.40. The zero-order valence-electron chi connectivity index (χ0n) is 10.6. The number of nitrogens with two attached hydrogens (primary N) is 2. The van der Waals surface area contributed by atoms with E-state index in [1.807, 2.05) is 13.8 Å². The summed E-state index contributed by atoms with van der Waals surface area (Å²) >= 11 is 8.83. The van der Waals surface area contributed by atoms with Crippen LogP contribution in [0, 0.1) is 0 Å².